The van der Waals surface area contributed by atoms with Gasteiger partial charge in [-0.1, -0.05) is 12.1 Å². The molecule has 1 aromatic carbocycles. The number of hydrogen-bond donors (Lipinski definition) is 0. The first kappa shape index (κ1) is 8.76. The van der Waals surface area contributed by atoms with E-state index >= 15 is 0 Å². The van der Waals surface area contributed by atoms with Crippen LogP contribution in [-0.4, -0.2) is 11.9 Å². The quantitative estimate of drug-likeness (QED) is 0.622. The molecule has 0 fully saturated rings. The van der Waals surface area contributed by atoms with Crippen LogP contribution >= 0.6 is 0 Å². The van der Waals surface area contributed by atoms with Gasteiger partial charge in [-0.3, -0.25) is 4.79 Å². The van der Waals surface area contributed by atoms with Gasteiger partial charge in [-0.25, -0.2) is 0 Å². The Morgan fingerprint density at radius 2 is 2.14 bits per heavy atom. The highest BCUT2D eigenvalue weighted by atomic mass is 16.5. The second-order valence-electron chi connectivity index (χ2n) is 3.29. The van der Waals surface area contributed by atoms with E-state index in [0.29, 0.717) is 11.3 Å². The van der Waals surface area contributed by atoms with Gasteiger partial charge >= 0.3 is 0 Å². The van der Waals surface area contributed by atoms with E-state index in [2.05, 4.69) is 0 Å². The number of fused-ring (bicyclic) bond motifs is 1. The molecule has 0 N–H and O–H groups in total. The molecule has 1 aliphatic heterocycles. The molecular formula is C11H9NO2. The summed E-state index contributed by atoms with van der Waals surface area (Å²) in [6, 6.07) is 8.98. The summed E-state index contributed by atoms with van der Waals surface area (Å²) in [6.07, 6.45) is -0.359. The van der Waals surface area contributed by atoms with Gasteiger partial charge in [0.2, 0.25) is 0 Å². The number of ketones is 1. The van der Waals surface area contributed by atoms with Crippen LogP contribution < -0.4 is 4.74 Å². The molecule has 2 rings (SSSR count). The summed E-state index contributed by atoms with van der Waals surface area (Å²) in [4.78, 5) is 11.8. The van der Waals surface area contributed by atoms with Crippen LogP contribution in [0.25, 0.3) is 0 Å². The van der Waals surface area contributed by atoms with E-state index in [0.717, 1.165) is 0 Å². The van der Waals surface area contributed by atoms with E-state index in [1.807, 2.05) is 12.1 Å². The van der Waals surface area contributed by atoms with Crippen molar-refractivity contribution in [2.45, 2.75) is 13.0 Å². The summed E-state index contributed by atoms with van der Waals surface area (Å²) in [6.45, 7) is 1.74. The van der Waals surface area contributed by atoms with Crippen molar-refractivity contribution in [1.82, 2.24) is 0 Å². The molecule has 14 heavy (non-hydrogen) atoms. The second-order valence-corrected chi connectivity index (χ2v) is 3.29. The standard InChI is InChI=1S/C11H9NO2/c1-7-9(6-12)11(13)8-4-2-3-5-10(8)14-7/h2-5,7,9H,1H3/t7-,9?/m0/s1. The van der Waals surface area contributed by atoms with Crippen molar-refractivity contribution in [3.8, 4) is 11.8 Å². The Labute approximate surface area is 81.9 Å². The average Bonchev–Trinajstić information content (AvgIpc) is 2.18. The molecule has 0 aliphatic carbocycles. The zero-order valence-corrected chi connectivity index (χ0v) is 7.73. The fourth-order valence-electron chi connectivity index (χ4n) is 1.59. The molecule has 1 aliphatic rings. The largest absolute Gasteiger partial charge is 0.488 e. The van der Waals surface area contributed by atoms with Gasteiger partial charge in [0.05, 0.1) is 11.6 Å². The van der Waals surface area contributed by atoms with Crippen LogP contribution in [0.1, 0.15) is 17.3 Å². The summed E-state index contributed by atoms with van der Waals surface area (Å²) in [5.41, 5.74) is 0.511. The Kier molecular flexibility index (Phi) is 1.97. The van der Waals surface area contributed by atoms with Gasteiger partial charge < -0.3 is 4.74 Å². The van der Waals surface area contributed by atoms with Crippen LogP contribution in [0.15, 0.2) is 24.3 Å². The molecule has 0 aromatic heterocycles. The Hall–Kier alpha value is -1.82. The number of nitriles is 1. The highest BCUT2D eigenvalue weighted by molar-refractivity contribution is 6.02. The van der Waals surface area contributed by atoms with Crippen LogP contribution in [0.2, 0.25) is 0 Å². The Morgan fingerprint density at radius 1 is 1.43 bits per heavy atom. The molecular weight excluding hydrogens is 178 g/mol. The normalized spacial score (nSPS) is 24.7. The number of ether oxygens (including phenoxy) is 1. The smallest absolute Gasteiger partial charge is 0.187 e. The van der Waals surface area contributed by atoms with Crippen LogP contribution in [0.3, 0.4) is 0 Å². The van der Waals surface area contributed by atoms with Gasteiger partial charge in [-0.15, -0.1) is 0 Å². The van der Waals surface area contributed by atoms with Crippen molar-refractivity contribution >= 4 is 5.78 Å². The van der Waals surface area contributed by atoms with E-state index in [4.69, 9.17) is 10.00 Å². The van der Waals surface area contributed by atoms with Gasteiger partial charge in [-0.2, -0.15) is 5.26 Å². The molecule has 0 amide bonds. The number of carbonyl (C=O) groups is 1. The summed E-state index contributed by atoms with van der Waals surface area (Å²) in [5.74, 6) is -0.233. The van der Waals surface area contributed by atoms with Crippen molar-refractivity contribution < 1.29 is 9.53 Å². The fourth-order valence-corrected chi connectivity index (χ4v) is 1.59. The number of rotatable bonds is 0. The maximum Gasteiger partial charge on any atom is 0.187 e. The molecule has 3 heteroatoms. The Balaban J connectivity index is 2.50. The molecule has 3 nitrogen and oxygen atoms in total. The molecule has 0 bridgehead atoms. The number of para-hydroxylation sites is 1. The lowest BCUT2D eigenvalue weighted by atomic mass is 9.91. The fraction of sp³-hybridized carbons (Fsp3) is 0.273. The van der Waals surface area contributed by atoms with E-state index < -0.39 is 5.92 Å². The van der Waals surface area contributed by atoms with Crippen molar-refractivity contribution in [3.63, 3.8) is 0 Å². The van der Waals surface area contributed by atoms with Crippen molar-refractivity contribution in [2.75, 3.05) is 0 Å². The van der Waals surface area contributed by atoms with E-state index in [1.54, 1.807) is 25.1 Å². The Bertz CT molecular complexity index is 420. The third kappa shape index (κ3) is 1.16. The van der Waals surface area contributed by atoms with Crippen molar-refractivity contribution in [2.24, 2.45) is 5.92 Å². The highest BCUT2D eigenvalue weighted by Crippen LogP contribution is 2.29. The molecule has 1 heterocycles. The average molecular weight is 187 g/mol. The zero-order valence-electron chi connectivity index (χ0n) is 7.73. The first-order valence-electron chi connectivity index (χ1n) is 4.43. The monoisotopic (exact) mass is 187 g/mol. The van der Waals surface area contributed by atoms with E-state index in [-0.39, 0.29) is 11.9 Å². The zero-order chi connectivity index (χ0) is 10.1. The maximum absolute atomic E-state index is 11.8. The second kappa shape index (κ2) is 3.15. The van der Waals surface area contributed by atoms with Crippen molar-refractivity contribution in [3.05, 3.63) is 29.8 Å². The molecule has 0 saturated carbocycles. The summed E-state index contributed by atoms with van der Waals surface area (Å²) >= 11 is 0. The predicted molar refractivity (Wildman–Crippen MR) is 50.0 cm³/mol. The van der Waals surface area contributed by atoms with Crippen LogP contribution in [0.4, 0.5) is 0 Å². The molecule has 0 radical (unpaired) electrons. The minimum absolute atomic E-state index is 0.137. The van der Waals surface area contributed by atoms with Crippen LogP contribution in [-0.2, 0) is 0 Å². The Morgan fingerprint density at radius 3 is 2.86 bits per heavy atom. The molecule has 2 atom stereocenters. The summed E-state index contributed by atoms with van der Waals surface area (Å²) in [7, 11) is 0. The first-order chi connectivity index (χ1) is 6.74. The highest BCUT2D eigenvalue weighted by Gasteiger charge is 2.34. The SMILES string of the molecule is C[C@@H]1Oc2ccccc2C(=O)C1C#N. The van der Waals surface area contributed by atoms with Gasteiger partial charge in [0.1, 0.15) is 17.8 Å². The molecule has 1 unspecified atom stereocenters. The summed E-state index contributed by atoms with van der Waals surface area (Å²) in [5, 5.41) is 8.81. The van der Waals surface area contributed by atoms with Gasteiger partial charge in [0, 0.05) is 0 Å². The molecule has 0 saturated heterocycles. The predicted octanol–water partition coefficient (Wildman–Crippen LogP) is 1.79. The lowest BCUT2D eigenvalue weighted by Crippen LogP contribution is -2.34. The van der Waals surface area contributed by atoms with Crippen molar-refractivity contribution in [1.29, 1.82) is 5.26 Å². The molecule has 0 spiro atoms. The number of carbonyl (C=O) groups excluding carboxylic acids is 1. The number of benzene rings is 1. The number of hydrogen-bond acceptors (Lipinski definition) is 3. The van der Waals surface area contributed by atoms with Gasteiger partial charge in [0.25, 0.3) is 0 Å². The first-order valence-corrected chi connectivity index (χ1v) is 4.43. The summed E-state index contributed by atoms with van der Waals surface area (Å²) < 4.78 is 5.46. The van der Waals surface area contributed by atoms with E-state index in [9.17, 15) is 4.79 Å². The topological polar surface area (TPSA) is 50.1 Å². The van der Waals surface area contributed by atoms with Crippen LogP contribution in [0, 0.1) is 17.2 Å². The maximum atomic E-state index is 11.8. The minimum Gasteiger partial charge on any atom is -0.488 e. The van der Waals surface area contributed by atoms with E-state index in [1.165, 1.54) is 0 Å². The minimum atomic E-state index is -0.676. The third-order valence-corrected chi connectivity index (χ3v) is 2.36. The number of Topliss-reactive ketones (excluding diaryl/α,β-unsaturated/α-hetero) is 1. The number of nitrogens with zero attached hydrogens (tertiary/aromatic N) is 1. The lowest BCUT2D eigenvalue weighted by molar-refractivity contribution is 0.0782. The van der Waals surface area contributed by atoms with Gasteiger partial charge in [-0.05, 0) is 19.1 Å². The lowest BCUT2D eigenvalue weighted by Gasteiger charge is -2.25. The molecule has 1 aromatic rings. The third-order valence-electron chi connectivity index (χ3n) is 2.36. The molecule has 70 valence electrons. The van der Waals surface area contributed by atoms with Crippen LogP contribution in [0.5, 0.6) is 5.75 Å². The van der Waals surface area contributed by atoms with Gasteiger partial charge in [0.15, 0.2) is 5.78 Å².